The van der Waals surface area contributed by atoms with E-state index in [-0.39, 0.29) is 35.6 Å². The van der Waals surface area contributed by atoms with Gasteiger partial charge in [0.2, 0.25) is 17.6 Å². The summed E-state index contributed by atoms with van der Waals surface area (Å²) in [6.07, 6.45) is 2.60. The van der Waals surface area contributed by atoms with E-state index in [4.69, 9.17) is 4.74 Å². The molecule has 1 saturated carbocycles. The van der Waals surface area contributed by atoms with Crippen LogP contribution < -0.4 is 16.0 Å². The number of tetrazole rings is 1. The van der Waals surface area contributed by atoms with Gasteiger partial charge in [0.1, 0.15) is 11.6 Å². The van der Waals surface area contributed by atoms with Crippen LogP contribution in [-0.2, 0) is 20.7 Å². The van der Waals surface area contributed by atoms with E-state index in [0.29, 0.717) is 30.9 Å². The Hall–Kier alpha value is -5.59. The molecule has 50 heavy (non-hydrogen) atoms. The quantitative estimate of drug-likeness (QED) is 0.135. The summed E-state index contributed by atoms with van der Waals surface area (Å²) < 4.78 is 5.33. The summed E-state index contributed by atoms with van der Waals surface area (Å²) in [7, 11) is 0. The zero-order chi connectivity index (χ0) is 35.8. The monoisotopic (exact) mass is 681 g/mol. The molecule has 262 valence electrons. The van der Waals surface area contributed by atoms with Gasteiger partial charge in [-0.15, -0.1) is 10.2 Å². The van der Waals surface area contributed by atoms with E-state index in [0.717, 1.165) is 40.7 Å². The van der Waals surface area contributed by atoms with Gasteiger partial charge in [-0.2, -0.15) is 5.21 Å². The van der Waals surface area contributed by atoms with Crippen molar-refractivity contribution in [3.8, 4) is 22.5 Å². The number of aromatic nitrogens is 4. The van der Waals surface area contributed by atoms with Crippen molar-refractivity contribution in [1.29, 1.82) is 0 Å². The van der Waals surface area contributed by atoms with Crippen molar-refractivity contribution >= 4 is 29.6 Å². The van der Waals surface area contributed by atoms with Crippen LogP contribution in [0.4, 0.5) is 10.5 Å². The highest BCUT2D eigenvalue weighted by Crippen LogP contribution is 2.29. The SMILES string of the molecule is Cc1ccc(C(=O)O)cc1-c1ccc(C[C@H](NC(=O)C2CCC(CNC(=O)OC(C)(C)C)CC2)C(=O)Nc2ccc(-c3nn[nH]n3)cc2)cc1. The van der Waals surface area contributed by atoms with Crippen LogP contribution in [0, 0.1) is 18.8 Å². The Bertz CT molecular complexity index is 1790. The third-order valence-electron chi connectivity index (χ3n) is 8.73. The first-order valence-electron chi connectivity index (χ1n) is 16.7. The van der Waals surface area contributed by atoms with Crippen LogP contribution in [0.5, 0.6) is 0 Å². The number of carbonyl (C=O) groups is 4. The zero-order valence-electron chi connectivity index (χ0n) is 28.7. The molecule has 0 radical (unpaired) electrons. The fourth-order valence-corrected chi connectivity index (χ4v) is 6.01. The van der Waals surface area contributed by atoms with E-state index >= 15 is 0 Å². The molecule has 3 amide bonds. The summed E-state index contributed by atoms with van der Waals surface area (Å²) in [5.74, 6) is -1.15. The Morgan fingerprint density at radius 1 is 0.940 bits per heavy atom. The van der Waals surface area contributed by atoms with Gasteiger partial charge in [0.05, 0.1) is 5.56 Å². The maximum absolute atomic E-state index is 13.7. The lowest BCUT2D eigenvalue weighted by molar-refractivity contribution is -0.130. The van der Waals surface area contributed by atoms with E-state index < -0.39 is 23.7 Å². The topological polar surface area (TPSA) is 188 Å². The van der Waals surface area contributed by atoms with Crippen LogP contribution in [0.1, 0.15) is 67.9 Å². The lowest BCUT2D eigenvalue weighted by Gasteiger charge is -2.29. The number of rotatable bonds is 11. The molecule has 5 rings (SSSR count). The van der Waals surface area contributed by atoms with E-state index in [2.05, 4.69) is 36.6 Å². The maximum Gasteiger partial charge on any atom is 0.407 e. The maximum atomic E-state index is 13.7. The van der Waals surface area contributed by atoms with E-state index in [9.17, 15) is 24.3 Å². The average molecular weight is 682 g/mol. The molecule has 3 aromatic carbocycles. The lowest BCUT2D eigenvalue weighted by Crippen LogP contribution is -2.48. The molecular formula is C37H43N7O6. The molecule has 1 heterocycles. The lowest BCUT2D eigenvalue weighted by atomic mass is 9.81. The summed E-state index contributed by atoms with van der Waals surface area (Å²) in [4.78, 5) is 50.9. The molecule has 0 saturated heterocycles. The van der Waals surface area contributed by atoms with Gasteiger partial charge in [-0.1, -0.05) is 30.3 Å². The molecule has 0 bridgehead atoms. The fourth-order valence-electron chi connectivity index (χ4n) is 6.01. The predicted octanol–water partition coefficient (Wildman–Crippen LogP) is 5.54. The average Bonchev–Trinajstić information content (AvgIpc) is 3.63. The molecule has 5 N–H and O–H groups in total. The predicted molar refractivity (Wildman–Crippen MR) is 187 cm³/mol. The number of hydrogen-bond donors (Lipinski definition) is 5. The molecule has 0 unspecified atom stereocenters. The van der Waals surface area contributed by atoms with Crippen LogP contribution in [0.15, 0.2) is 66.7 Å². The summed E-state index contributed by atoms with van der Waals surface area (Å²) in [5, 5.41) is 32.2. The second kappa shape index (κ2) is 15.7. The van der Waals surface area contributed by atoms with Gasteiger partial charge in [-0.3, -0.25) is 9.59 Å². The number of alkyl carbamates (subject to hydrolysis) is 1. The summed E-state index contributed by atoms with van der Waals surface area (Å²) in [6, 6.07) is 18.7. The molecule has 13 heteroatoms. The van der Waals surface area contributed by atoms with Crippen molar-refractivity contribution in [2.24, 2.45) is 11.8 Å². The number of nitrogens with one attached hydrogen (secondary N) is 4. The molecule has 4 aromatic rings. The van der Waals surface area contributed by atoms with E-state index in [1.165, 1.54) is 0 Å². The smallest absolute Gasteiger partial charge is 0.407 e. The van der Waals surface area contributed by atoms with Crippen molar-refractivity contribution in [3.63, 3.8) is 0 Å². The Balaban J connectivity index is 1.26. The number of aryl methyl sites for hydroxylation is 1. The van der Waals surface area contributed by atoms with Crippen LogP contribution in [0.2, 0.25) is 0 Å². The number of aromatic amines is 1. The number of H-pyrrole nitrogens is 1. The van der Waals surface area contributed by atoms with Crippen LogP contribution in [0.25, 0.3) is 22.5 Å². The van der Waals surface area contributed by atoms with Crippen LogP contribution >= 0.6 is 0 Å². The van der Waals surface area contributed by atoms with Gasteiger partial charge in [0.25, 0.3) is 0 Å². The Morgan fingerprint density at radius 3 is 2.24 bits per heavy atom. The van der Waals surface area contributed by atoms with Gasteiger partial charge in [0.15, 0.2) is 0 Å². The van der Waals surface area contributed by atoms with Crippen molar-refractivity contribution in [3.05, 3.63) is 83.4 Å². The third kappa shape index (κ3) is 9.74. The van der Waals surface area contributed by atoms with Crippen LogP contribution in [-0.4, -0.2) is 67.8 Å². The first-order chi connectivity index (χ1) is 23.8. The Kier molecular flexibility index (Phi) is 11.2. The van der Waals surface area contributed by atoms with Gasteiger partial charge in [-0.25, -0.2) is 9.59 Å². The molecular weight excluding hydrogens is 638 g/mol. The summed E-state index contributed by atoms with van der Waals surface area (Å²) >= 11 is 0. The summed E-state index contributed by atoms with van der Waals surface area (Å²) in [6.45, 7) is 7.85. The summed E-state index contributed by atoms with van der Waals surface area (Å²) in [5.41, 5.74) is 4.31. The van der Waals surface area contributed by atoms with Gasteiger partial charge < -0.3 is 25.8 Å². The van der Waals surface area contributed by atoms with Gasteiger partial charge in [-0.05, 0) is 123 Å². The number of amides is 3. The normalized spacial score (nSPS) is 16.6. The Morgan fingerprint density at radius 2 is 1.62 bits per heavy atom. The zero-order valence-corrected chi connectivity index (χ0v) is 28.7. The van der Waals surface area contributed by atoms with Crippen LogP contribution in [0.3, 0.4) is 0 Å². The molecule has 1 aromatic heterocycles. The molecule has 1 aliphatic carbocycles. The first-order valence-corrected chi connectivity index (χ1v) is 16.7. The molecule has 1 fully saturated rings. The number of carbonyl (C=O) groups excluding carboxylic acids is 3. The highest BCUT2D eigenvalue weighted by atomic mass is 16.6. The number of hydrogen-bond acceptors (Lipinski definition) is 8. The number of anilines is 1. The second-order valence-electron chi connectivity index (χ2n) is 13.7. The standard InChI is InChI=1S/C37H43N7O6/c1-22-5-10-28(35(47)48)20-30(22)25-11-6-23(7-12-25)19-31(34(46)39-29-17-15-26(16-18-29)32-41-43-44-42-32)40-33(45)27-13-8-24(9-14-27)21-38-36(49)50-37(2,3)4/h5-7,10-12,15-18,20,24,27,31H,8-9,13-14,19,21H2,1-4H3,(H,38,49)(H,39,46)(H,40,45)(H,47,48)(H,41,42,43,44)/t24?,27?,31-/m0/s1. The fraction of sp³-hybridized carbons (Fsp3) is 0.378. The molecule has 0 spiro atoms. The highest BCUT2D eigenvalue weighted by molar-refractivity contribution is 5.98. The number of benzene rings is 3. The minimum absolute atomic E-state index is 0.186. The number of carboxylic acids is 1. The minimum Gasteiger partial charge on any atom is -0.478 e. The van der Waals surface area contributed by atoms with E-state index in [1.807, 2.05) is 52.0 Å². The minimum atomic E-state index is -0.997. The number of nitrogens with zero attached hydrogens (tertiary/aromatic N) is 3. The number of ether oxygens (including phenoxy) is 1. The highest BCUT2D eigenvalue weighted by Gasteiger charge is 2.30. The van der Waals surface area contributed by atoms with Crippen molar-refractivity contribution in [2.75, 3.05) is 11.9 Å². The molecule has 13 nitrogen and oxygen atoms in total. The molecule has 1 atom stereocenters. The number of aromatic carboxylic acids is 1. The Labute approximate surface area is 290 Å². The largest absolute Gasteiger partial charge is 0.478 e. The van der Waals surface area contributed by atoms with E-state index in [1.54, 1.807) is 42.5 Å². The molecule has 1 aliphatic rings. The van der Waals surface area contributed by atoms with Crippen molar-refractivity contribution in [2.45, 2.75) is 71.4 Å². The third-order valence-corrected chi connectivity index (χ3v) is 8.73. The number of carboxylic acid groups (broad SMARTS) is 1. The van der Waals surface area contributed by atoms with Gasteiger partial charge in [0, 0.05) is 30.1 Å². The van der Waals surface area contributed by atoms with Crippen molar-refractivity contribution in [1.82, 2.24) is 31.3 Å². The second-order valence-corrected chi connectivity index (χ2v) is 13.7. The van der Waals surface area contributed by atoms with Crippen molar-refractivity contribution < 1.29 is 29.0 Å². The molecule has 0 aliphatic heterocycles. The first kappa shape index (κ1) is 35.7. The van der Waals surface area contributed by atoms with Gasteiger partial charge >= 0.3 is 12.1 Å².